The van der Waals surface area contributed by atoms with Crippen molar-refractivity contribution in [1.29, 1.82) is 0 Å². The summed E-state index contributed by atoms with van der Waals surface area (Å²) in [5, 5.41) is 3.31. The Labute approximate surface area is 160 Å². The summed E-state index contributed by atoms with van der Waals surface area (Å²) in [6, 6.07) is 1.82. The van der Waals surface area contributed by atoms with Crippen molar-refractivity contribution in [2.24, 2.45) is 0 Å². The molecule has 1 aromatic heterocycles. The largest absolute Gasteiger partial charge is 0.302 e. The third kappa shape index (κ3) is 3.38. The fourth-order valence-electron chi connectivity index (χ4n) is 3.22. The molecule has 2 aromatic rings. The predicted octanol–water partition coefficient (Wildman–Crippen LogP) is 4.23. The molecule has 0 fully saturated rings. The van der Waals surface area contributed by atoms with Gasteiger partial charge < -0.3 is 5.10 Å². The van der Waals surface area contributed by atoms with E-state index < -0.39 is 0 Å². The molecule has 0 saturated heterocycles. The Balaban J connectivity index is 0.00000117. The van der Waals surface area contributed by atoms with Gasteiger partial charge in [0.1, 0.15) is 5.56 Å². The van der Waals surface area contributed by atoms with Crippen molar-refractivity contribution in [2.45, 2.75) is 51.0 Å². The van der Waals surface area contributed by atoms with E-state index in [2.05, 4.69) is 18.9 Å². The zero-order chi connectivity index (χ0) is 19.6. The number of aromatic nitrogens is 2. The van der Waals surface area contributed by atoms with E-state index in [9.17, 15) is 9.59 Å². The SMILES string of the molecule is CCn1[nH]cc(C(=O)c2cc(C)c3c(c2Cl)C(C)(C)CCS3)c1=O.O=O. The Hall–Kier alpha value is -1.86. The van der Waals surface area contributed by atoms with E-state index in [1.54, 1.807) is 11.8 Å². The van der Waals surface area contributed by atoms with Crippen LogP contribution in [0.4, 0.5) is 0 Å². The van der Waals surface area contributed by atoms with Gasteiger partial charge in [-0.2, -0.15) is 0 Å². The van der Waals surface area contributed by atoms with Crippen molar-refractivity contribution < 1.29 is 4.79 Å². The molecule has 1 N–H and O–H groups in total. The summed E-state index contributed by atoms with van der Waals surface area (Å²) in [6.45, 7) is 8.66. The number of ketones is 1. The highest BCUT2D eigenvalue weighted by molar-refractivity contribution is 7.99. The van der Waals surface area contributed by atoms with E-state index in [0.29, 0.717) is 17.1 Å². The summed E-state index contributed by atoms with van der Waals surface area (Å²) in [7, 11) is 0. The van der Waals surface area contributed by atoms with Crippen LogP contribution in [0.15, 0.2) is 22.0 Å². The molecular weight excluding hydrogens is 376 g/mol. The summed E-state index contributed by atoms with van der Waals surface area (Å²) in [5.74, 6) is 0.731. The molecule has 6 nitrogen and oxygen atoms in total. The molecule has 140 valence electrons. The van der Waals surface area contributed by atoms with Crippen molar-refractivity contribution >= 4 is 29.1 Å². The third-order valence-electron chi connectivity index (χ3n) is 4.70. The average molecular weight is 397 g/mol. The lowest BCUT2D eigenvalue weighted by atomic mass is 9.79. The van der Waals surface area contributed by atoms with Gasteiger partial charge in [0.2, 0.25) is 5.78 Å². The zero-order valence-corrected chi connectivity index (χ0v) is 16.7. The van der Waals surface area contributed by atoms with E-state index in [-0.39, 0.29) is 22.3 Å². The predicted molar refractivity (Wildman–Crippen MR) is 105 cm³/mol. The summed E-state index contributed by atoms with van der Waals surface area (Å²) >= 11 is 8.46. The second-order valence-electron chi connectivity index (χ2n) is 6.81. The van der Waals surface area contributed by atoms with Crippen LogP contribution in [0, 0.1) is 16.9 Å². The van der Waals surface area contributed by atoms with Gasteiger partial charge in [-0.3, -0.25) is 14.3 Å². The van der Waals surface area contributed by atoms with Crippen LogP contribution in [0.2, 0.25) is 5.02 Å². The fourth-order valence-corrected chi connectivity index (χ4v) is 5.39. The number of aryl methyl sites for hydroxylation is 2. The molecule has 0 bridgehead atoms. The molecule has 0 unspecified atom stereocenters. The second-order valence-corrected chi connectivity index (χ2v) is 8.29. The summed E-state index contributed by atoms with van der Waals surface area (Å²) in [6.07, 6.45) is 2.48. The second kappa shape index (κ2) is 7.80. The van der Waals surface area contributed by atoms with Crippen molar-refractivity contribution in [3.8, 4) is 0 Å². The van der Waals surface area contributed by atoms with Crippen molar-refractivity contribution in [3.63, 3.8) is 0 Å². The van der Waals surface area contributed by atoms with Crippen molar-refractivity contribution in [3.05, 3.63) is 59.8 Å². The maximum absolute atomic E-state index is 12.9. The number of rotatable bonds is 3. The van der Waals surface area contributed by atoms with Crippen LogP contribution in [0.1, 0.15) is 54.2 Å². The normalized spacial score (nSPS) is 15.0. The van der Waals surface area contributed by atoms with E-state index in [1.165, 1.54) is 15.8 Å². The monoisotopic (exact) mass is 396 g/mol. The maximum Gasteiger partial charge on any atom is 0.277 e. The molecule has 0 aliphatic carbocycles. The van der Waals surface area contributed by atoms with Gasteiger partial charge in [0.05, 0.1) is 5.02 Å². The maximum atomic E-state index is 12.9. The van der Waals surface area contributed by atoms with E-state index >= 15 is 0 Å². The number of H-pyrrole nitrogens is 1. The van der Waals surface area contributed by atoms with Gasteiger partial charge in [0.25, 0.3) is 5.56 Å². The Morgan fingerprint density at radius 3 is 2.58 bits per heavy atom. The molecular formula is C18H21ClN2O4S. The van der Waals surface area contributed by atoms with Crippen LogP contribution in [-0.4, -0.2) is 21.3 Å². The van der Waals surface area contributed by atoms with Crippen LogP contribution >= 0.6 is 23.4 Å². The van der Waals surface area contributed by atoms with Crippen LogP contribution in [-0.2, 0) is 12.0 Å². The number of hydrogen-bond donors (Lipinski definition) is 1. The molecule has 0 atom stereocenters. The van der Waals surface area contributed by atoms with Gasteiger partial charge >= 0.3 is 0 Å². The lowest BCUT2D eigenvalue weighted by Gasteiger charge is -2.34. The summed E-state index contributed by atoms with van der Waals surface area (Å²) in [4.78, 5) is 40.4. The minimum absolute atomic E-state index is 0.0829. The van der Waals surface area contributed by atoms with Crippen LogP contribution in [0.25, 0.3) is 0 Å². The van der Waals surface area contributed by atoms with E-state index in [0.717, 1.165) is 23.3 Å². The quantitative estimate of drug-likeness (QED) is 0.784. The number of nitrogens with one attached hydrogen (secondary N) is 1. The van der Waals surface area contributed by atoms with Crippen molar-refractivity contribution in [2.75, 3.05) is 5.75 Å². The summed E-state index contributed by atoms with van der Waals surface area (Å²) < 4.78 is 1.41. The average Bonchev–Trinajstić information content (AvgIpc) is 2.99. The molecule has 0 saturated carbocycles. The Kier molecular flexibility index (Phi) is 6.13. The van der Waals surface area contributed by atoms with Crippen molar-refractivity contribution in [1.82, 2.24) is 9.78 Å². The van der Waals surface area contributed by atoms with E-state index in [1.807, 2.05) is 19.9 Å². The number of halogens is 1. The molecule has 1 aliphatic rings. The Morgan fingerprint density at radius 2 is 2.00 bits per heavy atom. The molecule has 3 rings (SSSR count). The lowest BCUT2D eigenvalue weighted by molar-refractivity contribution is 0.103. The van der Waals surface area contributed by atoms with Crippen LogP contribution < -0.4 is 5.56 Å². The first kappa shape index (κ1) is 20.5. The Bertz CT molecular complexity index is 901. The van der Waals surface area contributed by atoms with Gasteiger partial charge in [0, 0.05) is 33.1 Å². The molecule has 26 heavy (non-hydrogen) atoms. The van der Waals surface area contributed by atoms with Gasteiger partial charge in [-0.1, -0.05) is 25.4 Å². The van der Waals surface area contributed by atoms with Gasteiger partial charge in [-0.15, -0.1) is 11.8 Å². The molecule has 0 radical (unpaired) electrons. The molecule has 0 spiro atoms. The first-order chi connectivity index (χ1) is 12.3. The summed E-state index contributed by atoms with van der Waals surface area (Å²) in [5.41, 5.74) is 2.25. The topological polar surface area (TPSA) is 89.0 Å². The minimum atomic E-state index is -0.314. The first-order valence-corrected chi connectivity index (χ1v) is 9.60. The number of fused-ring (bicyclic) bond motifs is 1. The molecule has 0 amide bonds. The number of aromatic amines is 1. The van der Waals surface area contributed by atoms with Crippen LogP contribution in [0.3, 0.4) is 0 Å². The molecule has 2 heterocycles. The number of benzene rings is 1. The number of thioether (sulfide) groups is 1. The van der Waals surface area contributed by atoms with Gasteiger partial charge in [0.15, 0.2) is 0 Å². The zero-order valence-electron chi connectivity index (χ0n) is 15.1. The standard InChI is InChI=1S/C18H21ClN2O2S.O2/c1-5-21-17(23)12(9-20-21)15(22)11-8-10(2)16-13(14(11)19)18(3,4)6-7-24-16;1-2/h8-9,20H,5-7H2,1-4H3;. The highest BCUT2D eigenvalue weighted by Crippen LogP contribution is 2.47. The Morgan fingerprint density at radius 1 is 1.35 bits per heavy atom. The van der Waals surface area contributed by atoms with Crippen LogP contribution in [0.5, 0.6) is 0 Å². The van der Waals surface area contributed by atoms with Gasteiger partial charge in [-0.05, 0) is 48.6 Å². The van der Waals surface area contributed by atoms with E-state index in [4.69, 9.17) is 21.5 Å². The number of carbonyl (C=O) groups excluding carboxylic acids is 1. The third-order valence-corrected chi connectivity index (χ3v) is 6.31. The number of nitrogens with zero attached hydrogens (tertiary/aromatic N) is 1. The molecule has 1 aromatic carbocycles. The minimum Gasteiger partial charge on any atom is -0.302 e. The molecule has 8 heteroatoms. The van der Waals surface area contributed by atoms with Gasteiger partial charge in [-0.25, -0.2) is 0 Å². The first-order valence-electron chi connectivity index (χ1n) is 8.24. The number of hydrogen-bond acceptors (Lipinski definition) is 5. The number of carbonyl (C=O) groups is 1. The fraction of sp³-hybridized carbons (Fsp3) is 0.444. The highest BCUT2D eigenvalue weighted by atomic mass is 35.5. The lowest BCUT2D eigenvalue weighted by Crippen LogP contribution is -2.26. The smallest absolute Gasteiger partial charge is 0.277 e. The highest BCUT2D eigenvalue weighted by Gasteiger charge is 2.34. The molecule has 1 aliphatic heterocycles.